The number of hydrogen-bond donors (Lipinski definition) is 2. The molecule has 1 aromatic heterocycles. The Morgan fingerprint density at radius 3 is 2.65 bits per heavy atom. The molecule has 0 saturated heterocycles. The average molecular weight is 251 g/mol. The highest BCUT2D eigenvalue weighted by Crippen LogP contribution is 2.29. The molecule has 17 heavy (non-hydrogen) atoms. The van der Waals surface area contributed by atoms with Crippen LogP contribution in [0.1, 0.15) is 18.3 Å². The third-order valence-electron chi connectivity index (χ3n) is 2.78. The van der Waals surface area contributed by atoms with Crippen LogP contribution in [-0.2, 0) is 6.42 Å². The Morgan fingerprint density at radius 2 is 2.12 bits per heavy atom. The predicted molar refractivity (Wildman–Crippen MR) is 71.4 cm³/mol. The van der Waals surface area contributed by atoms with E-state index in [4.69, 9.17) is 23.2 Å². The lowest BCUT2D eigenvalue weighted by Gasteiger charge is -2.04. The van der Waals surface area contributed by atoms with Crippen molar-refractivity contribution in [3.05, 3.63) is 34.6 Å². The number of rotatable bonds is 2. The Morgan fingerprint density at radius 1 is 1.41 bits per heavy atom. The smallest absolute Gasteiger partial charge is 0.150 e. The van der Waals surface area contributed by atoms with Crippen LogP contribution in [0, 0.1) is 6.92 Å². The van der Waals surface area contributed by atoms with Crippen LogP contribution in [0.2, 0.25) is 5.02 Å². The first-order valence-corrected chi connectivity index (χ1v) is 5.81. The monoisotopic (exact) mass is 250 g/mol. The predicted octanol–water partition coefficient (Wildman–Crippen LogP) is 2.37. The zero-order chi connectivity index (χ0) is 12.6. The minimum atomic E-state index is 0.479. The fraction of sp³-hybridized carbons (Fsp3) is 0.250. The van der Waals surface area contributed by atoms with Gasteiger partial charge in [-0.3, -0.25) is 0 Å². The van der Waals surface area contributed by atoms with Crippen molar-refractivity contribution in [2.75, 3.05) is 11.6 Å². The van der Waals surface area contributed by atoms with E-state index in [9.17, 15) is 0 Å². The number of imidazole rings is 1. The molecule has 0 saturated carbocycles. The van der Waals surface area contributed by atoms with Crippen molar-refractivity contribution < 1.29 is 0 Å². The molecule has 0 amide bonds. The molecule has 1 aromatic carbocycles. The molecule has 0 aliphatic carbocycles. The highest BCUT2D eigenvalue weighted by molar-refractivity contribution is 6.30. The van der Waals surface area contributed by atoms with Gasteiger partial charge in [0.2, 0.25) is 0 Å². The van der Waals surface area contributed by atoms with Gasteiger partial charge in [0.15, 0.2) is 5.82 Å². The summed E-state index contributed by atoms with van der Waals surface area (Å²) in [5, 5.41) is 0.702. The Kier molecular flexibility index (Phi) is 2.98. The van der Waals surface area contributed by atoms with E-state index in [1.165, 1.54) is 4.68 Å². The van der Waals surface area contributed by atoms with Gasteiger partial charge in [-0.25, -0.2) is 9.66 Å². The highest BCUT2D eigenvalue weighted by atomic mass is 35.5. The Hall–Kier alpha value is -1.68. The number of anilines is 1. The first-order valence-electron chi connectivity index (χ1n) is 5.43. The minimum Gasteiger partial charge on any atom is -0.382 e. The number of nitrogen functional groups attached to an aromatic ring is 2. The normalized spacial score (nSPS) is 10.8. The summed E-state index contributed by atoms with van der Waals surface area (Å²) < 4.78 is 1.43. The van der Waals surface area contributed by atoms with Crippen LogP contribution in [0.15, 0.2) is 18.2 Å². The SMILES string of the molecule is CCc1nc(-c2ccc(Cl)cc2C)c(N)n1N. The summed E-state index contributed by atoms with van der Waals surface area (Å²) in [5.41, 5.74) is 8.68. The van der Waals surface area contributed by atoms with Crippen LogP contribution in [0.4, 0.5) is 5.82 Å². The molecule has 90 valence electrons. The van der Waals surface area contributed by atoms with Gasteiger partial charge in [-0.05, 0) is 24.6 Å². The summed E-state index contributed by atoms with van der Waals surface area (Å²) in [6, 6.07) is 5.62. The van der Waals surface area contributed by atoms with Crippen LogP contribution in [0.5, 0.6) is 0 Å². The second-order valence-electron chi connectivity index (χ2n) is 3.94. The summed E-state index contributed by atoms with van der Waals surface area (Å²) >= 11 is 5.93. The third-order valence-corrected chi connectivity index (χ3v) is 3.02. The fourth-order valence-corrected chi connectivity index (χ4v) is 2.06. The van der Waals surface area contributed by atoms with Gasteiger partial charge in [-0.15, -0.1) is 0 Å². The fourth-order valence-electron chi connectivity index (χ4n) is 1.83. The quantitative estimate of drug-likeness (QED) is 0.804. The van der Waals surface area contributed by atoms with Crippen LogP contribution in [0.3, 0.4) is 0 Å². The lowest BCUT2D eigenvalue weighted by molar-refractivity contribution is 0.865. The topological polar surface area (TPSA) is 69.9 Å². The van der Waals surface area contributed by atoms with Gasteiger partial charge in [-0.1, -0.05) is 24.6 Å². The minimum absolute atomic E-state index is 0.479. The molecular formula is C12H15ClN4. The molecule has 0 fully saturated rings. The number of nitrogens with zero attached hydrogens (tertiary/aromatic N) is 2. The van der Waals surface area contributed by atoms with Crippen molar-refractivity contribution in [3.63, 3.8) is 0 Å². The van der Waals surface area contributed by atoms with Crippen LogP contribution in [-0.4, -0.2) is 9.66 Å². The first-order chi connectivity index (χ1) is 8.04. The average Bonchev–Trinajstić information content (AvgIpc) is 2.57. The third kappa shape index (κ3) is 1.96. The molecule has 4 N–H and O–H groups in total. The van der Waals surface area contributed by atoms with Crippen molar-refractivity contribution in [2.45, 2.75) is 20.3 Å². The maximum atomic E-state index is 5.96. The molecule has 0 spiro atoms. The summed E-state index contributed by atoms with van der Waals surface area (Å²) in [7, 11) is 0. The number of nitrogens with two attached hydrogens (primary N) is 2. The zero-order valence-corrected chi connectivity index (χ0v) is 10.6. The zero-order valence-electron chi connectivity index (χ0n) is 9.87. The van der Waals surface area contributed by atoms with E-state index >= 15 is 0 Å². The number of hydrogen-bond acceptors (Lipinski definition) is 3. The van der Waals surface area contributed by atoms with E-state index in [0.717, 1.165) is 29.1 Å². The molecule has 4 nitrogen and oxygen atoms in total. The van der Waals surface area contributed by atoms with Crippen molar-refractivity contribution in [3.8, 4) is 11.3 Å². The maximum absolute atomic E-state index is 5.96. The standard InChI is InChI=1S/C12H15ClN4/c1-3-10-16-11(12(14)17(10)15)9-5-4-8(13)6-7(9)2/h4-6H,3,14-15H2,1-2H3. The van der Waals surface area contributed by atoms with Gasteiger partial charge >= 0.3 is 0 Å². The molecule has 0 atom stereocenters. The van der Waals surface area contributed by atoms with E-state index in [2.05, 4.69) is 4.98 Å². The van der Waals surface area contributed by atoms with E-state index in [1.807, 2.05) is 32.0 Å². The first kappa shape index (κ1) is 11.8. The largest absolute Gasteiger partial charge is 0.382 e. The van der Waals surface area contributed by atoms with Crippen LogP contribution < -0.4 is 11.6 Å². The molecular weight excluding hydrogens is 236 g/mol. The van der Waals surface area contributed by atoms with E-state index in [0.29, 0.717) is 10.8 Å². The Bertz CT molecular complexity index is 560. The molecule has 0 bridgehead atoms. The second-order valence-corrected chi connectivity index (χ2v) is 4.38. The summed E-state index contributed by atoms with van der Waals surface area (Å²) in [6.07, 6.45) is 0.743. The molecule has 1 heterocycles. The number of aromatic nitrogens is 2. The van der Waals surface area contributed by atoms with Crippen LogP contribution >= 0.6 is 11.6 Å². The van der Waals surface area contributed by atoms with E-state index < -0.39 is 0 Å². The van der Waals surface area contributed by atoms with Crippen molar-refractivity contribution in [1.82, 2.24) is 9.66 Å². The second kappa shape index (κ2) is 4.30. The Balaban J connectivity index is 2.60. The lowest BCUT2D eigenvalue weighted by Crippen LogP contribution is -2.14. The highest BCUT2D eigenvalue weighted by Gasteiger charge is 2.14. The van der Waals surface area contributed by atoms with Crippen molar-refractivity contribution >= 4 is 17.4 Å². The van der Waals surface area contributed by atoms with E-state index in [-0.39, 0.29) is 0 Å². The molecule has 2 aromatic rings. The van der Waals surface area contributed by atoms with Gasteiger partial charge < -0.3 is 11.6 Å². The number of halogens is 1. The molecule has 5 heteroatoms. The van der Waals surface area contributed by atoms with Gasteiger partial charge in [0.05, 0.1) is 0 Å². The summed E-state index contributed by atoms with van der Waals surface area (Å²) in [6.45, 7) is 3.96. The molecule has 0 aliphatic rings. The van der Waals surface area contributed by atoms with E-state index in [1.54, 1.807) is 0 Å². The summed E-state index contributed by atoms with van der Waals surface area (Å²) in [5.74, 6) is 7.08. The Labute approximate surface area is 105 Å². The van der Waals surface area contributed by atoms with Gasteiger partial charge in [0.25, 0.3) is 0 Å². The molecule has 0 aliphatic heterocycles. The molecule has 0 radical (unpaired) electrons. The summed E-state index contributed by atoms with van der Waals surface area (Å²) in [4.78, 5) is 4.46. The maximum Gasteiger partial charge on any atom is 0.150 e. The molecule has 0 unspecified atom stereocenters. The van der Waals surface area contributed by atoms with Crippen molar-refractivity contribution in [1.29, 1.82) is 0 Å². The molecule has 2 rings (SSSR count). The van der Waals surface area contributed by atoms with Crippen molar-refractivity contribution in [2.24, 2.45) is 0 Å². The van der Waals surface area contributed by atoms with Gasteiger partial charge in [-0.2, -0.15) is 0 Å². The lowest BCUT2D eigenvalue weighted by atomic mass is 10.1. The van der Waals surface area contributed by atoms with Gasteiger partial charge in [0, 0.05) is 17.0 Å². The number of benzene rings is 1. The number of aryl methyl sites for hydroxylation is 2. The van der Waals surface area contributed by atoms with Crippen LogP contribution in [0.25, 0.3) is 11.3 Å². The van der Waals surface area contributed by atoms with Gasteiger partial charge in [0.1, 0.15) is 11.5 Å².